The Labute approximate surface area is 122 Å². The van der Waals surface area contributed by atoms with Crippen LogP contribution in [0.4, 0.5) is 0 Å². The number of ketones is 1. The third-order valence-electron chi connectivity index (χ3n) is 2.60. The highest BCUT2D eigenvalue weighted by Crippen LogP contribution is 2.00. The van der Waals surface area contributed by atoms with E-state index in [1.165, 1.54) is 0 Å². The molecule has 6 nitrogen and oxygen atoms in total. The fraction of sp³-hybridized carbons (Fsp3) is 0.769. The molecule has 0 spiro atoms. The Kier molecular flexibility index (Phi) is 9.88. The van der Waals surface area contributed by atoms with E-state index in [2.05, 4.69) is 10.6 Å². The number of hydrogen-bond acceptors (Lipinski definition) is 4. The first kappa shape index (κ1) is 18.8. The van der Waals surface area contributed by atoms with Crippen molar-refractivity contribution in [3.05, 3.63) is 0 Å². The smallest absolute Gasteiger partial charge is 0.232 e. The lowest BCUT2D eigenvalue weighted by Crippen LogP contribution is -2.36. The molecule has 0 rings (SSSR count). The molecule has 0 bridgehead atoms. The van der Waals surface area contributed by atoms with Crippen LogP contribution in [0.15, 0.2) is 0 Å². The molecule has 0 aromatic rings. The third kappa shape index (κ3) is 9.66. The Morgan fingerprint density at radius 1 is 1.05 bits per heavy atom. The number of hydrogen-bond donors (Lipinski definition) is 2. The summed E-state index contributed by atoms with van der Waals surface area (Å²) >= 11 is 0. The SMILES string of the molecule is CCC(=O)NCCNC(=O)CS(=O)CCC(=O)C(C)C. The first-order valence-electron chi connectivity index (χ1n) is 6.77. The lowest BCUT2D eigenvalue weighted by Gasteiger charge is -2.07. The predicted octanol–water partition coefficient (Wildman–Crippen LogP) is -0.00730. The van der Waals surface area contributed by atoms with E-state index >= 15 is 0 Å². The van der Waals surface area contributed by atoms with Crippen molar-refractivity contribution in [1.29, 1.82) is 0 Å². The number of carbonyl (C=O) groups is 3. The van der Waals surface area contributed by atoms with E-state index in [0.29, 0.717) is 19.5 Å². The van der Waals surface area contributed by atoms with E-state index in [0.717, 1.165) is 0 Å². The molecule has 1 atom stereocenters. The van der Waals surface area contributed by atoms with Crippen molar-refractivity contribution in [1.82, 2.24) is 10.6 Å². The van der Waals surface area contributed by atoms with Crippen LogP contribution in [-0.4, -0.2) is 46.4 Å². The van der Waals surface area contributed by atoms with Crippen molar-refractivity contribution >= 4 is 28.4 Å². The number of rotatable bonds is 10. The minimum absolute atomic E-state index is 0.0565. The van der Waals surface area contributed by atoms with Crippen molar-refractivity contribution < 1.29 is 18.6 Å². The molecule has 0 heterocycles. The fourth-order valence-corrected chi connectivity index (χ4v) is 2.27. The molecule has 2 amide bonds. The second-order valence-corrected chi connectivity index (χ2v) is 6.29. The van der Waals surface area contributed by atoms with Crippen LogP contribution < -0.4 is 10.6 Å². The molecule has 7 heteroatoms. The average molecular weight is 304 g/mol. The summed E-state index contributed by atoms with van der Waals surface area (Å²) in [7, 11) is -1.32. The Hall–Kier alpha value is -1.24. The van der Waals surface area contributed by atoms with Crippen LogP contribution in [0.5, 0.6) is 0 Å². The Morgan fingerprint density at radius 3 is 2.10 bits per heavy atom. The summed E-state index contributed by atoms with van der Waals surface area (Å²) in [6, 6.07) is 0. The molecule has 0 radical (unpaired) electrons. The molecule has 0 aliphatic heterocycles. The quantitative estimate of drug-likeness (QED) is 0.555. The van der Waals surface area contributed by atoms with Crippen LogP contribution in [0, 0.1) is 5.92 Å². The van der Waals surface area contributed by atoms with Gasteiger partial charge in [-0.2, -0.15) is 0 Å². The van der Waals surface area contributed by atoms with Gasteiger partial charge in [0, 0.05) is 48.4 Å². The normalized spacial score (nSPS) is 12.0. The van der Waals surface area contributed by atoms with Crippen molar-refractivity contribution in [2.75, 3.05) is 24.6 Å². The molecule has 20 heavy (non-hydrogen) atoms. The van der Waals surface area contributed by atoms with Crippen molar-refractivity contribution in [2.45, 2.75) is 33.6 Å². The van der Waals surface area contributed by atoms with Crippen LogP contribution in [0.25, 0.3) is 0 Å². The van der Waals surface area contributed by atoms with Gasteiger partial charge in [0.2, 0.25) is 11.8 Å². The van der Waals surface area contributed by atoms with Crippen LogP contribution in [0.3, 0.4) is 0 Å². The van der Waals surface area contributed by atoms with E-state index in [4.69, 9.17) is 0 Å². The number of carbonyl (C=O) groups excluding carboxylic acids is 3. The molecule has 0 aromatic carbocycles. The summed E-state index contributed by atoms with van der Waals surface area (Å²) in [5.41, 5.74) is 0. The van der Waals surface area contributed by atoms with Gasteiger partial charge in [0.25, 0.3) is 0 Å². The largest absolute Gasteiger partial charge is 0.354 e. The van der Waals surface area contributed by atoms with Gasteiger partial charge < -0.3 is 10.6 Å². The van der Waals surface area contributed by atoms with E-state index in [9.17, 15) is 18.6 Å². The monoisotopic (exact) mass is 304 g/mol. The zero-order valence-electron chi connectivity index (χ0n) is 12.4. The number of nitrogens with one attached hydrogen (secondary N) is 2. The van der Waals surface area contributed by atoms with E-state index in [1.54, 1.807) is 20.8 Å². The molecule has 0 saturated heterocycles. The molecule has 0 aliphatic carbocycles. The maximum Gasteiger partial charge on any atom is 0.232 e. The lowest BCUT2D eigenvalue weighted by molar-refractivity contribution is -0.122. The Balaban J connectivity index is 3.72. The molecule has 0 aliphatic rings. The van der Waals surface area contributed by atoms with Crippen LogP contribution in [-0.2, 0) is 25.2 Å². The molecular formula is C13H24N2O4S. The topological polar surface area (TPSA) is 92.3 Å². The highest BCUT2D eigenvalue weighted by atomic mass is 32.2. The summed E-state index contributed by atoms with van der Waals surface area (Å²) in [4.78, 5) is 33.7. The Morgan fingerprint density at radius 2 is 1.60 bits per heavy atom. The summed E-state index contributed by atoms with van der Waals surface area (Å²) in [5, 5.41) is 5.19. The summed E-state index contributed by atoms with van der Waals surface area (Å²) in [6.07, 6.45) is 0.645. The van der Waals surface area contributed by atoms with Crippen molar-refractivity contribution in [3.63, 3.8) is 0 Å². The van der Waals surface area contributed by atoms with E-state index in [1.807, 2.05) is 0 Å². The fourth-order valence-electron chi connectivity index (χ4n) is 1.30. The van der Waals surface area contributed by atoms with Gasteiger partial charge in [0.15, 0.2) is 0 Å². The van der Waals surface area contributed by atoms with Gasteiger partial charge in [0.1, 0.15) is 11.5 Å². The maximum atomic E-state index is 11.6. The van der Waals surface area contributed by atoms with Gasteiger partial charge in [0.05, 0.1) is 0 Å². The first-order chi connectivity index (χ1) is 9.36. The lowest BCUT2D eigenvalue weighted by atomic mass is 10.1. The van der Waals surface area contributed by atoms with Gasteiger partial charge >= 0.3 is 0 Å². The van der Waals surface area contributed by atoms with Gasteiger partial charge in [-0.3, -0.25) is 18.6 Å². The zero-order chi connectivity index (χ0) is 15.5. The van der Waals surface area contributed by atoms with Crippen LogP contribution in [0.1, 0.15) is 33.6 Å². The molecular weight excluding hydrogens is 280 g/mol. The second-order valence-electron chi connectivity index (χ2n) is 4.71. The number of amides is 2. The van der Waals surface area contributed by atoms with E-state index in [-0.39, 0.29) is 41.4 Å². The zero-order valence-corrected chi connectivity index (χ0v) is 13.2. The maximum absolute atomic E-state index is 11.6. The minimum Gasteiger partial charge on any atom is -0.354 e. The molecule has 0 aromatic heterocycles. The highest BCUT2D eigenvalue weighted by molar-refractivity contribution is 7.85. The number of Topliss-reactive ketones (excluding diaryl/α,β-unsaturated/α-hetero) is 1. The summed E-state index contributed by atoms with van der Waals surface area (Å²) in [6.45, 7) is 6.00. The van der Waals surface area contributed by atoms with Gasteiger partial charge in [-0.25, -0.2) is 0 Å². The van der Waals surface area contributed by atoms with Gasteiger partial charge in [-0.05, 0) is 0 Å². The highest BCUT2D eigenvalue weighted by Gasteiger charge is 2.12. The Bertz CT molecular complexity index is 369. The predicted molar refractivity (Wildman–Crippen MR) is 78.6 cm³/mol. The van der Waals surface area contributed by atoms with Crippen molar-refractivity contribution in [2.24, 2.45) is 5.92 Å². The van der Waals surface area contributed by atoms with Gasteiger partial charge in [-0.1, -0.05) is 20.8 Å². The standard InChI is InChI=1S/C13H24N2O4S/c1-4-12(17)14-6-7-15-13(18)9-20(19)8-5-11(16)10(2)3/h10H,4-9H2,1-3H3,(H,14,17)(H,15,18). The van der Waals surface area contributed by atoms with Crippen molar-refractivity contribution in [3.8, 4) is 0 Å². The molecule has 1 unspecified atom stereocenters. The van der Waals surface area contributed by atoms with Crippen LogP contribution in [0.2, 0.25) is 0 Å². The minimum atomic E-state index is -1.32. The second kappa shape index (κ2) is 10.5. The molecule has 116 valence electrons. The summed E-state index contributed by atoms with van der Waals surface area (Å²) in [5.74, 6) is -0.297. The molecule has 0 fully saturated rings. The van der Waals surface area contributed by atoms with E-state index < -0.39 is 10.8 Å². The summed E-state index contributed by atoms with van der Waals surface area (Å²) < 4.78 is 11.6. The molecule has 2 N–H and O–H groups in total. The third-order valence-corrected chi connectivity index (χ3v) is 3.85. The molecule has 0 saturated carbocycles. The van der Waals surface area contributed by atoms with Gasteiger partial charge in [-0.15, -0.1) is 0 Å². The van der Waals surface area contributed by atoms with Crippen LogP contribution >= 0.6 is 0 Å². The average Bonchev–Trinajstić information content (AvgIpc) is 2.40. The first-order valence-corrected chi connectivity index (χ1v) is 8.26.